The van der Waals surface area contributed by atoms with Crippen molar-refractivity contribution in [3.8, 4) is 5.75 Å². The summed E-state index contributed by atoms with van der Waals surface area (Å²) in [4.78, 5) is 17.8. The number of pyridine rings is 1. The maximum absolute atomic E-state index is 12.9. The number of aryl methyl sites for hydroxylation is 1. The van der Waals surface area contributed by atoms with E-state index in [-0.39, 0.29) is 29.6 Å². The summed E-state index contributed by atoms with van der Waals surface area (Å²) >= 11 is 0. The molecule has 10 heteroatoms. The number of hydrogen-bond acceptors (Lipinski definition) is 6. The van der Waals surface area contributed by atoms with Crippen LogP contribution in [0.5, 0.6) is 5.75 Å². The predicted molar refractivity (Wildman–Crippen MR) is 114 cm³/mol. The van der Waals surface area contributed by atoms with Gasteiger partial charge in [-0.25, -0.2) is 4.98 Å². The number of halogens is 3. The molecule has 0 spiro atoms. The van der Waals surface area contributed by atoms with Crippen LogP contribution in [-0.2, 0) is 6.18 Å². The summed E-state index contributed by atoms with van der Waals surface area (Å²) in [5.41, 5.74) is 0.206. The van der Waals surface area contributed by atoms with Crippen molar-refractivity contribution in [3.05, 3.63) is 71.2 Å². The van der Waals surface area contributed by atoms with Crippen LogP contribution in [0.1, 0.15) is 46.9 Å². The third-order valence-corrected chi connectivity index (χ3v) is 5.38. The molecule has 2 atom stereocenters. The zero-order valence-corrected chi connectivity index (χ0v) is 18.1. The van der Waals surface area contributed by atoms with Gasteiger partial charge in [0.25, 0.3) is 5.91 Å². The minimum absolute atomic E-state index is 0.167. The Morgan fingerprint density at radius 3 is 2.67 bits per heavy atom. The predicted octanol–water partition coefficient (Wildman–Crippen LogP) is 4.55. The maximum atomic E-state index is 12.9. The van der Waals surface area contributed by atoms with Crippen LogP contribution in [0.15, 0.2) is 53.1 Å². The zero-order valence-electron chi connectivity index (χ0n) is 18.1. The lowest BCUT2D eigenvalue weighted by molar-refractivity contribution is -0.141. The Morgan fingerprint density at radius 1 is 1.24 bits per heavy atom. The highest BCUT2D eigenvalue weighted by Crippen LogP contribution is 2.30. The van der Waals surface area contributed by atoms with Gasteiger partial charge in [-0.05, 0) is 43.7 Å². The lowest BCUT2D eigenvalue weighted by Crippen LogP contribution is -2.27. The van der Waals surface area contributed by atoms with Crippen LogP contribution in [0.3, 0.4) is 0 Å². The Morgan fingerprint density at radius 2 is 2.00 bits per heavy atom. The van der Waals surface area contributed by atoms with Gasteiger partial charge in [-0.3, -0.25) is 4.79 Å². The average molecular weight is 460 g/mol. The molecule has 1 amide bonds. The summed E-state index contributed by atoms with van der Waals surface area (Å²) in [6, 6.07) is 12.5. The molecule has 1 unspecified atom stereocenters. The maximum Gasteiger partial charge on any atom is 0.433 e. The van der Waals surface area contributed by atoms with E-state index < -0.39 is 11.9 Å². The van der Waals surface area contributed by atoms with Crippen molar-refractivity contribution in [3.63, 3.8) is 0 Å². The molecule has 7 nitrogen and oxygen atoms in total. The summed E-state index contributed by atoms with van der Waals surface area (Å²) in [5.74, 6) is 1.17. The number of ether oxygens (including phenoxy) is 1. The van der Waals surface area contributed by atoms with Gasteiger partial charge in [-0.2, -0.15) is 13.2 Å². The summed E-state index contributed by atoms with van der Waals surface area (Å²) in [6.45, 7) is 4.57. The number of carbonyl (C=O) groups excluding carboxylic acids is 1. The highest BCUT2D eigenvalue weighted by atomic mass is 19.4. The SMILES string of the molecule is Cc1cc(C(=O)N[C@@H](C)c2ccc(OC3CCN(c4cccc(C(F)(F)F)n4)C3)cc2)no1. The first kappa shape index (κ1) is 22.6. The molecule has 1 saturated heterocycles. The number of alkyl halides is 3. The van der Waals surface area contributed by atoms with Gasteiger partial charge in [-0.15, -0.1) is 0 Å². The molecule has 3 heterocycles. The van der Waals surface area contributed by atoms with E-state index in [9.17, 15) is 18.0 Å². The number of anilines is 1. The molecule has 1 aliphatic heterocycles. The van der Waals surface area contributed by atoms with Gasteiger partial charge in [0.05, 0.1) is 12.6 Å². The minimum Gasteiger partial charge on any atom is -0.489 e. The second kappa shape index (κ2) is 9.13. The molecule has 1 N–H and O–H groups in total. The smallest absolute Gasteiger partial charge is 0.433 e. The minimum atomic E-state index is -4.47. The quantitative estimate of drug-likeness (QED) is 0.582. The molecule has 33 heavy (non-hydrogen) atoms. The summed E-state index contributed by atoms with van der Waals surface area (Å²) < 4.78 is 49.7. The highest BCUT2D eigenvalue weighted by molar-refractivity contribution is 5.92. The van der Waals surface area contributed by atoms with Crippen LogP contribution in [-0.4, -0.2) is 35.2 Å². The fourth-order valence-electron chi connectivity index (χ4n) is 3.64. The number of nitrogens with zero attached hydrogens (tertiary/aromatic N) is 3. The number of aromatic nitrogens is 2. The van der Waals surface area contributed by atoms with E-state index in [0.29, 0.717) is 31.0 Å². The standard InChI is InChI=1S/C23H23F3N4O3/c1-14-12-19(29-33-14)22(31)27-15(2)16-6-8-17(9-7-16)32-18-10-11-30(13-18)21-5-3-4-20(28-21)23(24,25)26/h3-9,12,15,18H,10-11,13H2,1-2H3,(H,27,31)/t15-,18?/m0/s1. The van der Waals surface area contributed by atoms with Gasteiger partial charge in [-0.1, -0.05) is 23.4 Å². The lowest BCUT2D eigenvalue weighted by atomic mass is 10.1. The lowest BCUT2D eigenvalue weighted by Gasteiger charge is -2.19. The number of carbonyl (C=O) groups is 1. The molecule has 2 aromatic heterocycles. The van der Waals surface area contributed by atoms with Crippen LogP contribution >= 0.6 is 0 Å². The molecule has 0 bridgehead atoms. The Kier molecular flexibility index (Phi) is 6.26. The average Bonchev–Trinajstić information content (AvgIpc) is 3.43. The second-order valence-corrected chi connectivity index (χ2v) is 7.94. The molecule has 174 valence electrons. The van der Waals surface area contributed by atoms with Crippen molar-refractivity contribution in [1.82, 2.24) is 15.5 Å². The van der Waals surface area contributed by atoms with Gasteiger partial charge >= 0.3 is 6.18 Å². The van der Waals surface area contributed by atoms with Gasteiger partial charge in [0.1, 0.15) is 29.1 Å². The largest absolute Gasteiger partial charge is 0.489 e. The number of amides is 1. The molecular formula is C23H23F3N4O3. The van der Waals surface area contributed by atoms with Crippen molar-refractivity contribution in [2.24, 2.45) is 0 Å². The van der Waals surface area contributed by atoms with Crippen LogP contribution in [0, 0.1) is 6.92 Å². The number of rotatable bonds is 6. The van der Waals surface area contributed by atoms with Crippen LogP contribution in [0.4, 0.5) is 19.0 Å². The molecule has 0 aliphatic carbocycles. The fraction of sp³-hybridized carbons (Fsp3) is 0.348. The summed E-state index contributed by atoms with van der Waals surface area (Å²) in [7, 11) is 0. The van der Waals surface area contributed by atoms with Gasteiger partial charge in [0.15, 0.2) is 5.69 Å². The fourth-order valence-corrected chi connectivity index (χ4v) is 3.64. The normalized spacial score (nSPS) is 17.1. The van der Waals surface area contributed by atoms with Gasteiger partial charge in [0.2, 0.25) is 0 Å². The number of benzene rings is 1. The third kappa shape index (κ3) is 5.44. The molecule has 4 rings (SSSR count). The van der Waals surface area contributed by atoms with E-state index in [1.165, 1.54) is 6.07 Å². The van der Waals surface area contributed by atoms with Crippen molar-refractivity contribution in [2.75, 3.05) is 18.0 Å². The Balaban J connectivity index is 1.33. The van der Waals surface area contributed by atoms with Crippen molar-refractivity contribution in [1.29, 1.82) is 0 Å². The van der Waals surface area contributed by atoms with Crippen LogP contribution in [0.2, 0.25) is 0 Å². The molecule has 3 aromatic rings. The van der Waals surface area contributed by atoms with E-state index in [1.807, 2.05) is 31.2 Å². The third-order valence-electron chi connectivity index (χ3n) is 5.38. The first-order valence-electron chi connectivity index (χ1n) is 10.5. The topological polar surface area (TPSA) is 80.5 Å². The molecule has 1 aromatic carbocycles. The molecule has 0 radical (unpaired) electrons. The Hall–Kier alpha value is -3.56. The zero-order chi connectivity index (χ0) is 23.6. The van der Waals surface area contributed by atoms with Crippen LogP contribution in [0.25, 0.3) is 0 Å². The van der Waals surface area contributed by atoms with E-state index >= 15 is 0 Å². The second-order valence-electron chi connectivity index (χ2n) is 7.94. The van der Waals surface area contributed by atoms with Crippen molar-refractivity contribution >= 4 is 11.7 Å². The van der Waals surface area contributed by atoms with Gasteiger partial charge in [0, 0.05) is 19.0 Å². The Labute approximate surface area is 188 Å². The molecule has 0 saturated carbocycles. The van der Waals surface area contributed by atoms with Crippen LogP contribution < -0.4 is 15.0 Å². The summed E-state index contributed by atoms with van der Waals surface area (Å²) in [6.07, 6.45) is -3.97. The molecule has 1 aliphatic rings. The summed E-state index contributed by atoms with van der Waals surface area (Å²) in [5, 5.41) is 6.57. The molecule has 1 fully saturated rings. The number of hydrogen-bond donors (Lipinski definition) is 1. The van der Waals surface area contributed by atoms with Crippen molar-refractivity contribution < 1.29 is 27.2 Å². The van der Waals surface area contributed by atoms with Crippen molar-refractivity contribution in [2.45, 2.75) is 38.6 Å². The number of nitrogens with one attached hydrogen (secondary N) is 1. The first-order valence-corrected chi connectivity index (χ1v) is 10.5. The Bertz CT molecular complexity index is 1110. The van der Waals surface area contributed by atoms with E-state index in [0.717, 1.165) is 11.6 Å². The van der Waals surface area contributed by atoms with E-state index in [1.54, 1.807) is 24.0 Å². The molecular weight excluding hydrogens is 437 g/mol. The van der Waals surface area contributed by atoms with E-state index in [4.69, 9.17) is 9.26 Å². The van der Waals surface area contributed by atoms with Gasteiger partial charge < -0.3 is 19.5 Å². The van der Waals surface area contributed by atoms with E-state index in [2.05, 4.69) is 15.5 Å². The highest BCUT2D eigenvalue weighted by Gasteiger charge is 2.33. The first-order chi connectivity index (χ1) is 15.7. The monoisotopic (exact) mass is 460 g/mol.